The first-order chi connectivity index (χ1) is 9.60. The van der Waals surface area contributed by atoms with Gasteiger partial charge in [-0.15, -0.1) is 0 Å². The minimum Gasteiger partial charge on any atom is -0.310 e. The molecule has 1 heterocycles. The van der Waals surface area contributed by atoms with E-state index in [1.165, 1.54) is 10.5 Å². The Balaban J connectivity index is 2.31. The molecule has 5 heteroatoms. The second kappa shape index (κ2) is 7.20. The van der Waals surface area contributed by atoms with Gasteiger partial charge in [-0.1, -0.05) is 22.9 Å². The Labute approximate surface area is 132 Å². The van der Waals surface area contributed by atoms with E-state index in [0.717, 1.165) is 21.9 Å². The van der Waals surface area contributed by atoms with E-state index in [0.29, 0.717) is 6.04 Å². The lowest BCUT2D eigenvalue weighted by atomic mass is 10.1. The van der Waals surface area contributed by atoms with Crippen LogP contribution < -0.4 is 5.32 Å². The lowest BCUT2D eigenvalue weighted by Crippen LogP contribution is -2.18. The van der Waals surface area contributed by atoms with Crippen molar-refractivity contribution in [3.05, 3.63) is 46.2 Å². The van der Waals surface area contributed by atoms with E-state index in [4.69, 9.17) is 0 Å². The molecule has 0 amide bonds. The maximum atomic E-state index is 4.46. The number of aromatic nitrogens is 2. The molecule has 0 spiro atoms. The Hall–Kier alpha value is -0.910. The fourth-order valence-corrected chi connectivity index (χ4v) is 3.31. The van der Waals surface area contributed by atoms with Crippen molar-refractivity contribution in [2.45, 2.75) is 36.9 Å². The van der Waals surface area contributed by atoms with Crippen LogP contribution in [-0.4, -0.2) is 16.5 Å². The number of nitrogens with one attached hydrogen (secondary N) is 1. The molecule has 0 aliphatic carbocycles. The maximum absolute atomic E-state index is 4.46. The molecule has 20 heavy (non-hydrogen) atoms. The summed E-state index contributed by atoms with van der Waals surface area (Å²) >= 11 is 5.15. The van der Waals surface area contributed by atoms with Gasteiger partial charge in [0.05, 0.1) is 0 Å². The molecule has 1 atom stereocenters. The molecule has 1 aromatic carbocycles. The zero-order valence-electron chi connectivity index (χ0n) is 11.9. The zero-order valence-corrected chi connectivity index (χ0v) is 14.3. The van der Waals surface area contributed by atoms with E-state index in [9.17, 15) is 0 Å². The highest BCUT2D eigenvalue weighted by Gasteiger charge is 2.12. The Kier molecular flexibility index (Phi) is 5.57. The lowest BCUT2D eigenvalue weighted by molar-refractivity contribution is 0.589. The second-order valence-electron chi connectivity index (χ2n) is 4.54. The number of benzene rings is 1. The molecule has 0 aliphatic rings. The van der Waals surface area contributed by atoms with Crippen LogP contribution >= 0.6 is 27.7 Å². The molecule has 0 bridgehead atoms. The molecule has 1 N–H and O–H groups in total. The summed E-state index contributed by atoms with van der Waals surface area (Å²) in [7, 11) is 0. The summed E-state index contributed by atoms with van der Waals surface area (Å²) in [6.45, 7) is 7.21. The first-order valence-corrected chi connectivity index (χ1v) is 8.21. The van der Waals surface area contributed by atoms with Gasteiger partial charge in [0, 0.05) is 27.3 Å². The smallest absolute Gasteiger partial charge is 0.192 e. The predicted molar refractivity (Wildman–Crippen MR) is 87.1 cm³/mol. The summed E-state index contributed by atoms with van der Waals surface area (Å²) in [5.41, 5.74) is 2.25. The molecule has 1 unspecified atom stereocenters. The number of nitrogens with zero attached hydrogens (tertiary/aromatic N) is 2. The van der Waals surface area contributed by atoms with Gasteiger partial charge in [-0.05, 0) is 62.0 Å². The molecule has 2 aromatic rings. The second-order valence-corrected chi connectivity index (χ2v) is 6.47. The average Bonchev–Trinajstić information content (AvgIpc) is 2.41. The molecule has 1 aromatic heterocycles. The minimum absolute atomic E-state index is 0.296. The highest BCUT2D eigenvalue weighted by molar-refractivity contribution is 9.10. The highest BCUT2D eigenvalue weighted by Crippen LogP contribution is 2.33. The highest BCUT2D eigenvalue weighted by atomic mass is 79.9. The van der Waals surface area contributed by atoms with E-state index in [1.807, 2.05) is 13.0 Å². The van der Waals surface area contributed by atoms with Crippen LogP contribution in [0.5, 0.6) is 0 Å². The van der Waals surface area contributed by atoms with Gasteiger partial charge in [-0.25, -0.2) is 9.97 Å². The molecular weight excluding hydrogens is 334 g/mol. The van der Waals surface area contributed by atoms with Gasteiger partial charge in [0.1, 0.15) is 0 Å². The first kappa shape index (κ1) is 15.5. The van der Waals surface area contributed by atoms with Gasteiger partial charge in [-0.2, -0.15) is 0 Å². The van der Waals surface area contributed by atoms with Crippen molar-refractivity contribution in [2.24, 2.45) is 0 Å². The van der Waals surface area contributed by atoms with E-state index in [2.05, 4.69) is 63.3 Å². The van der Waals surface area contributed by atoms with Gasteiger partial charge < -0.3 is 5.32 Å². The monoisotopic (exact) mass is 351 g/mol. The SMILES string of the molecule is CCNC(C)c1cc(Br)ccc1Sc1nccc(C)n1. The van der Waals surface area contributed by atoms with Gasteiger partial charge in [0.25, 0.3) is 0 Å². The van der Waals surface area contributed by atoms with Gasteiger partial charge in [0.2, 0.25) is 0 Å². The molecule has 0 fully saturated rings. The molecule has 0 saturated heterocycles. The van der Waals surface area contributed by atoms with E-state index >= 15 is 0 Å². The van der Waals surface area contributed by atoms with Crippen molar-refractivity contribution >= 4 is 27.7 Å². The molecule has 106 valence electrons. The van der Waals surface area contributed by atoms with Gasteiger partial charge in [-0.3, -0.25) is 0 Å². The van der Waals surface area contributed by atoms with Crippen molar-refractivity contribution in [2.75, 3.05) is 6.54 Å². The summed E-state index contributed by atoms with van der Waals surface area (Å²) in [6, 6.07) is 8.54. The van der Waals surface area contributed by atoms with Crippen molar-refractivity contribution in [3.63, 3.8) is 0 Å². The van der Waals surface area contributed by atoms with Crippen LogP contribution in [0, 0.1) is 6.92 Å². The Bertz CT molecular complexity index is 589. The van der Waals surface area contributed by atoms with Crippen molar-refractivity contribution < 1.29 is 0 Å². The van der Waals surface area contributed by atoms with Crippen molar-refractivity contribution in [1.29, 1.82) is 0 Å². The van der Waals surface area contributed by atoms with Crippen LogP contribution in [0.15, 0.2) is 45.0 Å². The predicted octanol–water partition coefficient (Wildman–Crippen LogP) is 4.37. The number of hydrogen-bond donors (Lipinski definition) is 1. The van der Waals surface area contributed by atoms with E-state index in [-0.39, 0.29) is 0 Å². The van der Waals surface area contributed by atoms with Crippen LogP contribution in [0.4, 0.5) is 0 Å². The van der Waals surface area contributed by atoms with Crippen LogP contribution in [0.2, 0.25) is 0 Å². The summed E-state index contributed by atoms with van der Waals surface area (Å²) in [5.74, 6) is 0. The summed E-state index contributed by atoms with van der Waals surface area (Å²) in [4.78, 5) is 9.97. The third-order valence-electron chi connectivity index (χ3n) is 2.92. The summed E-state index contributed by atoms with van der Waals surface area (Å²) < 4.78 is 1.09. The Morgan fingerprint density at radius 3 is 2.85 bits per heavy atom. The molecule has 0 aliphatic heterocycles. The number of aryl methyl sites for hydroxylation is 1. The van der Waals surface area contributed by atoms with Crippen molar-refractivity contribution in [1.82, 2.24) is 15.3 Å². The van der Waals surface area contributed by atoms with Gasteiger partial charge >= 0.3 is 0 Å². The Morgan fingerprint density at radius 1 is 1.35 bits per heavy atom. The topological polar surface area (TPSA) is 37.8 Å². The average molecular weight is 352 g/mol. The molecule has 0 saturated carbocycles. The lowest BCUT2D eigenvalue weighted by Gasteiger charge is -2.17. The van der Waals surface area contributed by atoms with Crippen molar-refractivity contribution in [3.8, 4) is 0 Å². The third kappa shape index (κ3) is 4.04. The van der Waals surface area contributed by atoms with Gasteiger partial charge in [0.15, 0.2) is 5.16 Å². The standard InChI is InChI=1S/C15H18BrN3S/c1-4-17-11(3)13-9-12(16)5-6-14(13)20-15-18-8-7-10(2)19-15/h5-9,11,17H,4H2,1-3H3. The first-order valence-electron chi connectivity index (χ1n) is 6.60. The molecule has 2 rings (SSSR count). The van der Waals surface area contributed by atoms with Crippen LogP contribution in [-0.2, 0) is 0 Å². The van der Waals surface area contributed by atoms with Crippen LogP contribution in [0.1, 0.15) is 31.1 Å². The molecular formula is C15H18BrN3S. The number of halogens is 1. The fraction of sp³-hybridized carbons (Fsp3) is 0.333. The number of hydrogen-bond acceptors (Lipinski definition) is 4. The fourth-order valence-electron chi connectivity index (χ4n) is 1.94. The van der Waals surface area contributed by atoms with Crippen LogP contribution in [0.25, 0.3) is 0 Å². The normalized spacial score (nSPS) is 12.4. The molecule has 0 radical (unpaired) electrons. The Morgan fingerprint density at radius 2 is 2.15 bits per heavy atom. The zero-order chi connectivity index (χ0) is 14.5. The molecule has 3 nitrogen and oxygen atoms in total. The largest absolute Gasteiger partial charge is 0.310 e. The summed E-state index contributed by atoms with van der Waals surface area (Å²) in [5, 5.41) is 4.24. The summed E-state index contributed by atoms with van der Waals surface area (Å²) in [6.07, 6.45) is 1.80. The third-order valence-corrected chi connectivity index (χ3v) is 4.39. The maximum Gasteiger partial charge on any atom is 0.192 e. The van der Waals surface area contributed by atoms with E-state index < -0.39 is 0 Å². The van der Waals surface area contributed by atoms with Crippen LogP contribution in [0.3, 0.4) is 0 Å². The number of rotatable bonds is 5. The quantitative estimate of drug-likeness (QED) is 0.811. The van der Waals surface area contributed by atoms with E-state index in [1.54, 1.807) is 18.0 Å². The minimum atomic E-state index is 0.296.